The summed E-state index contributed by atoms with van der Waals surface area (Å²) in [6.45, 7) is 1.77. The number of aromatic hydroxyl groups is 2. The van der Waals surface area contributed by atoms with Gasteiger partial charge in [-0.2, -0.15) is 0 Å². The molecule has 0 saturated heterocycles. The number of nitrogens with zero attached hydrogens (tertiary/aromatic N) is 1. The van der Waals surface area contributed by atoms with E-state index >= 15 is 0 Å². The molecule has 2 N–H and O–H groups in total. The minimum Gasteiger partial charge on any atom is -0.504 e. The van der Waals surface area contributed by atoms with E-state index in [4.69, 9.17) is 0 Å². The van der Waals surface area contributed by atoms with E-state index in [2.05, 4.69) is 4.99 Å². The van der Waals surface area contributed by atoms with Crippen LogP contribution in [0.2, 0.25) is 0 Å². The monoisotopic (exact) mass is 233 g/mol. The lowest BCUT2D eigenvalue weighted by atomic mass is 9.96. The molecule has 0 bridgehead atoms. The van der Waals surface area contributed by atoms with Gasteiger partial charge in [-0.15, -0.1) is 0 Å². The largest absolute Gasteiger partial charge is 0.504 e. The van der Waals surface area contributed by atoms with E-state index in [-0.39, 0.29) is 11.5 Å². The molecule has 1 fully saturated rings. The lowest BCUT2D eigenvalue weighted by Crippen LogP contribution is -2.09. The van der Waals surface area contributed by atoms with Gasteiger partial charge in [-0.1, -0.05) is 19.3 Å². The Bertz CT molecular complexity index is 397. The Balaban J connectivity index is 2.10. The highest BCUT2D eigenvalue weighted by Gasteiger charge is 2.11. The molecule has 0 unspecified atom stereocenters. The number of rotatable bonds is 2. The molecule has 3 heteroatoms. The summed E-state index contributed by atoms with van der Waals surface area (Å²) in [7, 11) is 0. The highest BCUT2D eigenvalue weighted by atomic mass is 16.3. The third-order valence-electron chi connectivity index (χ3n) is 3.31. The van der Waals surface area contributed by atoms with Crippen molar-refractivity contribution in [2.75, 3.05) is 0 Å². The molecule has 0 atom stereocenters. The molecule has 0 aliphatic heterocycles. The first-order chi connectivity index (χ1) is 8.16. The van der Waals surface area contributed by atoms with Gasteiger partial charge in [-0.25, -0.2) is 0 Å². The lowest BCUT2D eigenvalue weighted by Gasteiger charge is -2.17. The molecule has 3 nitrogen and oxygen atoms in total. The van der Waals surface area contributed by atoms with E-state index in [1.807, 2.05) is 12.3 Å². The van der Waals surface area contributed by atoms with Crippen LogP contribution in [0.25, 0.3) is 0 Å². The number of aryl methyl sites for hydroxylation is 1. The van der Waals surface area contributed by atoms with Crippen LogP contribution in [0.5, 0.6) is 11.5 Å². The van der Waals surface area contributed by atoms with Crippen LogP contribution in [0.15, 0.2) is 17.1 Å². The van der Waals surface area contributed by atoms with Gasteiger partial charge in [0.25, 0.3) is 0 Å². The molecule has 1 aromatic carbocycles. The summed E-state index contributed by atoms with van der Waals surface area (Å²) < 4.78 is 0. The van der Waals surface area contributed by atoms with Crippen molar-refractivity contribution in [3.05, 3.63) is 23.3 Å². The second kappa shape index (κ2) is 5.21. The number of hydrogen-bond donors (Lipinski definition) is 2. The van der Waals surface area contributed by atoms with Crippen molar-refractivity contribution in [1.82, 2.24) is 0 Å². The van der Waals surface area contributed by atoms with Crippen LogP contribution in [0.1, 0.15) is 43.2 Å². The Hall–Kier alpha value is -1.51. The maximum Gasteiger partial charge on any atom is 0.160 e. The van der Waals surface area contributed by atoms with E-state index in [1.54, 1.807) is 13.0 Å². The lowest BCUT2D eigenvalue weighted by molar-refractivity contribution is 0.401. The summed E-state index contributed by atoms with van der Waals surface area (Å²) in [5.41, 5.74) is 1.53. The second-order valence-electron chi connectivity index (χ2n) is 4.78. The molecule has 1 aliphatic carbocycles. The molecule has 0 heterocycles. The zero-order chi connectivity index (χ0) is 12.3. The number of phenols is 2. The van der Waals surface area contributed by atoms with Crippen LogP contribution < -0.4 is 0 Å². The first-order valence-corrected chi connectivity index (χ1v) is 6.22. The van der Waals surface area contributed by atoms with Gasteiger partial charge in [0.15, 0.2) is 11.5 Å². The van der Waals surface area contributed by atoms with Crippen LogP contribution in [-0.4, -0.2) is 22.5 Å². The molecule has 1 aliphatic rings. The fraction of sp³-hybridized carbons (Fsp3) is 0.500. The van der Waals surface area contributed by atoms with E-state index in [0.717, 1.165) is 5.56 Å². The summed E-state index contributed by atoms with van der Waals surface area (Å²) in [6, 6.07) is 3.82. The Kier molecular flexibility index (Phi) is 3.67. The summed E-state index contributed by atoms with van der Waals surface area (Å²) >= 11 is 0. The molecule has 17 heavy (non-hydrogen) atoms. The minimum atomic E-state index is -0.0740. The SMILES string of the molecule is Cc1cc(C=NC2CCCCC2)cc(O)c1O. The average Bonchev–Trinajstić information content (AvgIpc) is 2.34. The molecule has 2 rings (SSSR count). The zero-order valence-electron chi connectivity index (χ0n) is 10.2. The zero-order valence-corrected chi connectivity index (χ0v) is 10.2. The first kappa shape index (κ1) is 12.0. The van der Waals surface area contributed by atoms with Crippen molar-refractivity contribution in [3.8, 4) is 11.5 Å². The Labute approximate surface area is 102 Å². The van der Waals surface area contributed by atoms with Crippen LogP contribution >= 0.6 is 0 Å². The molecule has 0 radical (unpaired) electrons. The molecule has 0 spiro atoms. The number of hydrogen-bond acceptors (Lipinski definition) is 3. The van der Waals surface area contributed by atoms with Gasteiger partial charge in [0.2, 0.25) is 0 Å². The summed E-state index contributed by atoms with van der Waals surface area (Å²) in [5.74, 6) is -0.116. The predicted octanol–water partition coefficient (Wildman–Crippen LogP) is 3.16. The fourth-order valence-electron chi connectivity index (χ4n) is 2.28. The van der Waals surface area contributed by atoms with Crippen molar-refractivity contribution in [1.29, 1.82) is 0 Å². The van der Waals surface area contributed by atoms with Crippen molar-refractivity contribution in [2.45, 2.75) is 45.1 Å². The van der Waals surface area contributed by atoms with Gasteiger partial charge in [0.1, 0.15) is 0 Å². The highest BCUT2D eigenvalue weighted by molar-refractivity contribution is 5.81. The molecule has 0 aromatic heterocycles. The summed E-state index contributed by atoms with van der Waals surface area (Å²) in [4.78, 5) is 4.55. The van der Waals surface area contributed by atoms with E-state index in [1.165, 1.54) is 32.1 Å². The summed E-state index contributed by atoms with van der Waals surface area (Å²) in [6.07, 6.45) is 8.00. The van der Waals surface area contributed by atoms with Crippen LogP contribution in [0.3, 0.4) is 0 Å². The summed E-state index contributed by atoms with van der Waals surface area (Å²) in [5, 5.41) is 19.0. The third kappa shape index (κ3) is 2.99. The maximum atomic E-state index is 9.51. The number of phenolic OH excluding ortho intramolecular Hbond substituents is 2. The van der Waals surface area contributed by atoms with E-state index < -0.39 is 0 Å². The molecule has 92 valence electrons. The smallest absolute Gasteiger partial charge is 0.160 e. The van der Waals surface area contributed by atoms with Gasteiger partial charge < -0.3 is 10.2 Å². The fourth-order valence-corrected chi connectivity index (χ4v) is 2.28. The van der Waals surface area contributed by atoms with Gasteiger partial charge >= 0.3 is 0 Å². The van der Waals surface area contributed by atoms with E-state index in [9.17, 15) is 10.2 Å². The average molecular weight is 233 g/mol. The van der Waals surface area contributed by atoms with Crippen LogP contribution in [0.4, 0.5) is 0 Å². The minimum absolute atomic E-state index is 0.0418. The second-order valence-corrected chi connectivity index (χ2v) is 4.78. The first-order valence-electron chi connectivity index (χ1n) is 6.22. The van der Waals surface area contributed by atoms with Gasteiger partial charge in [-0.3, -0.25) is 4.99 Å². The van der Waals surface area contributed by atoms with E-state index in [0.29, 0.717) is 11.6 Å². The highest BCUT2D eigenvalue weighted by Crippen LogP contribution is 2.29. The molecule has 1 aromatic rings. The quantitative estimate of drug-likeness (QED) is 0.609. The topological polar surface area (TPSA) is 52.8 Å². The molecule has 1 saturated carbocycles. The van der Waals surface area contributed by atoms with Crippen LogP contribution in [-0.2, 0) is 0 Å². The van der Waals surface area contributed by atoms with Crippen LogP contribution in [0, 0.1) is 6.92 Å². The molecular weight excluding hydrogens is 214 g/mol. The normalized spacial score (nSPS) is 17.7. The van der Waals surface area contributed by atoms with Crippen molar-refractivity contribution in [2.24, 2.45) is 4.99 Å². The number of aliphatic imine (C=N–C) groups is 1. The maximum absolute atomic E-state index is 9.51. The van der Waals surface area contributed by atoms with Gasteiger partial charge in [0, 0.05) is 12.3 Å². The number of benzene rings is 1. The Morgan fingerprint density at radius 2 is 1.88 bits per heavy atom. The van der Waals surface area contributed by atoms with Crippen molar-refractivity contribution < 1.29 is 10.2 Å². The molecular formula is C14H19NO2. The molecule has 0 amide bonds. The standard InChI is InChI=1S/C14H19NO2/c1-10-7-11(8-13(16)14(10)17)9-15-12-5-3-2-4-6-12/h7-9,12,16-17H,2-6H2,1H3. The van der Waals surface area contributed by atoms with Gasteiger partial charge in [0.05, 0.1) is 0 Å². The van der Waals surface area contributed by atoms with Crippen molar-refractivity contribution >= 4 is 6.21 Å². The Morgan fingerprint density at radius 3 is 2.53 bits per heavy atom. The van der Waals surface area contributed by atoms with Crippen molar-refractivity contribution in [3.63, 3.8) is 0 Å². The predicted molar refractivity (Wildman–Crippen MR) is 69.0 cm³/mol. The third-order valence-corrected chi connectivity index (χ3v) is 3.31. The van der Waals surface area contributed by atoms with Gasteiger partial charge in [-0.05, 0) is 43.0 Å². The Morgan fingerprint density at radius 1 is 1.18 bits per heavy atom.